The molecule has 2 heterocycles. The number of methoxy groups -OCH3 is 1. The highest BCUT2D eigenvalue weighted by molar-refractivity contribution is 6.05. The van der Waals surface area contributed by atoms with E-state index in [4.69, 9.17) is 13.6 Å². The summed E-state index contributed by atoms with van der Waals surface area (Å²) in [6, 6.07) is 9.24. The predicted octanol–water partition coefficient (Wildman–Crippen LogP) is 3.22. The van der Waals surface area contributed by atoms with Crippen molar-refractivity contribution in [3.8, 4) is 5.75 Å². The lowest BCUT2D eigenvalue weighted by Crippen LogP contribution is -2.29. The van der Waals surface area contributed by atoms with Gasteiger partial charge in [-0.25, -0.2) is 9.59 Å². The molecule has 2 aromatic carbocycles. The van der Waals surface area contributed by atoms with Gasteiger partial charge in [-0.3, -0.25) is 9.79 Å². The Bertz CT molecular complexity index is 1370. The van der Waals surface area contributed by atoms with Crippen LogP contribution in [0.25, 0.3) is 11.2 Å². The summed E-state index contributed by atoms with van der Waals surface area (Å²) in [5.41, 5.74) is 1.36. The van der Waals surface area contributed by atoms with Crippen LogP contribution in [0.15, 0.2) is 53.7 Å². The van der Waals surface area contributed by atoms with E-state index in [2.05, 4.69) is 10.3 Å². The number of carbonyl (C=O) groups is 1. The van der Waals surface area contributed by atoms with E-state index in [0.717, 1.165) is 23.4 Å². The first kappa shape index (κ1) is 22.5. The molecule has 0 bridgehead atoms. The monoisotopic (exact) mass is 450 g/mol. The molecular formula is C25H26N2O6. The standard InChI is InChI=1S/C25H26N2O6/c1-25(2,3)18-8-7-16(20-21(18)33-24(30)23(29)32-20)22(28)27-12-10-19-17-13-15(31-4)6-5-14(17)9-11-26-19/h5-8,13H,9-12H2,1-4H3,(H,27,28). The SMILES string of the molecule is COc1ccc2c(c1)C(CCNC(=O)c1ccc(C(C)(C)C)c3oc(=O)c(=O)oc13)=NCC2. The molecule has 8 heteroatoms. The maximum atomic E-state index is 13.0. The number of aliphatic imine (C=N–C) groups is 1. The van der Waals surface area contributed by atoms with Crippen LogP contribution < -0.4 is 21.3 Å². The fraction of sp³-hybridized carbons (Fsp3) is 0.360. The van der Waals surface area contributed by atoms with Gasteiger partial charge in [0.15, 0.2) is 11.2 Å². The fourth-order valence-electron chi connectivity index (χ4n) is 3.97. The number of nitrogens with zero attached hydrogens (tertiary/aromatic N) is 1. The number of ether oxygens (including phenoxy) is 1. The summed E-state index contributed by atoms with van der Waals surface area (Å²) in [4.78, 5) is 41.2. The number of hydrogen-bond donors (Lipinski definition) is 1. The van der Waals surface area contributed by atoms with E-state index < -0.39 is 22.6 Å². The van der Waals surface area contributed by atoms with Crippen LogP contribution in [0.2, 0.25) is 0 Å². The minimum atomic E-state index is -1.15. The molecule has 0 fully saturated rings. The summed E-state index contributed by atoms with van der Waals surface area (Å²) in [6.07, 6.45) is 1.40. The van der Waals surface area contributed by atoms with Crippen molar-refractivity contribution in [2.45, 2.75) is 39.0 Å². The van der Waals surface area contributed by atoms with Crippen molar-refractivity contribution in [1.82, 2.24) is 5.32 Å². The van der Waals surface area contributed by atoms with Crippen molar-refractivity contribution < 1.29 is 18.4 Å². The van der Waals surface area contributed by atoms with Crippen molar-refractivity contribution in [1.29, 1.82) is 0 Å². The van der Waals surface area contributed by atoms with E-state index in [1.807, 2.05) is 39.0 Å². The Labute approximate surface area is 190 Å². The minimum Gasteiger partial charge on any atom is -0.497 e. The average Bonchev–Trinajstić information content (AvgIpc) is 2.78. The molecular weight excluding hydrogens is 424 g/mol. The van der Waals surface area contributed by atoms with Gasteiger partial charge in [0.05, 0.1) is 12.7 Å². The second-order valence-electron chi connectivity index (χ2n) is 8.96. The molecule has 1 amide bonds. The number of fused-ring (bicyclic) bond motifs is 2. The highest BCUT2D eigenvalue weighted by Crippen LogP contribution is 2.31. The molecule has 1 aromatic heterocycles. The van der Waals surface area contributed by atoms with Crippen molar-refractivity contribution >= 4 is 22.8 Å². The summed E-state index contributed by atoms with van der Waals surface area (Å²) < 4.78 is 15.7. The van der Waals surface area contributed by atoms with Gasteiger partial charge in [-0.1, -0.05) is 32.9 Å². The van der Waals surface area contributed by atoms with Gasteiger partial charge in [-0.15, -0.1) is 0 Å². The largest absolute Gasteiger partial charge is 0.497 e. The lowest BCUT2D eigenvalue weighted by atomic mass is 9.86. The van der Waals surface area contributed by atoms with E-state index in [9.17, 15) is 14.4 Å². The second-order valence-corrected chi connectivity index (χ2v) is 8.96. The lowest BCUT2D eigenvalue weighted by Gasteiger charge is -2.20. The molecule has 0 spiro atoms. The third-order valence-corrected chi connectivity index (χ3v) is 5.68. The quantitative estimate of drug-likeness (QED) is 0.598. The number of amides is 1. The highest BCUT2D eigenvalue weighted by Gasteiger charge is 2.25. The van der Waals surface area contributed by atoms with Crippen molar-refractivity contribution in [3.05, 3.63) is 73.4 Å². The van der Waals surface area contributed by atoms with Crippen LogP contribution in [0.5, 0.6) is 5.75 Å². The van der Waals surface area contributed by atoms with E-state index in [-0.39, 0.29) is 16.7 Å². The molecule has 4 rings (SSSR count). The third-order valence-electron chi connectivity index (χ3n) is 5.68. The molecule has 0 saturated heterocycles. The Kier molecular flexibility index (Phi) is 5.93. The third kappa shape index (κ3) is 4.46. The van der Waals surface area contributed by atoms with Gasteiger partial charge >= 0.3 is 11.3 Å². The smallest absolute Gasteiger partial charge is 0.423 e. The Balaban J connectivity index is 1.57. The number of carbonyl (C=O) groups excluding carboxylic acids is 1. The van der Waals surface area contributed by atoms with Crippen LogP contribution in [0.3, 0.4) is 0 Å². The van der Waals surface area contributed by atoms with Crippen molar-refractivity contribution in [2.75, 3.05) is 20.2 Å². The summed E-state index contributed by atoms with van der Waals surface area (Å²) in [7, 11) is 1.62. The van der Waals surface area contributed by atoms with Crippen molar-refractivity contribution in [3.63, 3.8) is 0 Å². The molecule has 1 N–H and O–H groups in total. The van der Waals surface area contributed by atoms with Gasteiger partial charge in [-0.2, -0.15) is 0 Å². The Morgan fingerprint density at radius 3 is 2.52 bits per heavy atom. The molecule has 1 aliphatic rings. The van der Waals surface area contributed by atoms with Crippen LogP contribution in [0, 0.1) is 0 Å². The van der Waals surface area contributed by atoms with Crippen LogP contribution in [0.4, 0.5) is 0 Å². The fourth-order valence-corrected chi connectivity index (χ4v) is 3.97. The minimum absolute atomic E-state index is 0.0328. The Hall–Kier alpha value is -3.68. The summed E-state index contributed by atoms with van der Waals surface area (Å²) in [5, 5.41) is 2.86. The summed E-state index contributed by atoms with van der Waals surface area (Å²) in [6.45, 7) is 6.84. The van der Waals surface area contributed by atoms with E-state index in [1.165, 1.54) is 5.56 Å². The van der Waals surface area contributed by atoms with Gasteiger partial charge in [0.25, 0.3) is 5.91 Å². The second kappa shape index (κ2) is 8.69. The Morgan fingerprint density at radius 1 is 1.09 bits per heavy atom. The van der Waals surface area contributed by atoms with Gasteiger partial charge in [0.2, 0.25) is 0 Å². The van der Waals surface area contributed by atoms with Crippen LogP contribution in [-0.4, -0.2) is 31.8 Å². The number of benzene rings is 2. The Morgan fingerprint density at radius 2 is 1.82 bits per heavy atom. The molecule has 0 saturated carbocycles. The predicted molar refractivity (Wildman–Crippen MR) is 125 cm³/mol. The zero-order valence-electron chi connectivity index (χ0n) is 19.1. The number of hydrogen-bond acceptors (Lipinski definition) is 7. The van der Waals surface area contributed by atoms with Crippen LogP contribution >= 0.6 is 0 Å². The van der Waals surface area contributed by atoms with Gasteiger partial charge in [0.1, 0.15) is 5.75 Å². The molecule has 172 valence electrons. The topological polar surface area (TPSA) is 111 Å². The van der Waals surface area contributed by atoms with E-state index in [0.29, 0.717) is 25.1 Å². The first-order valence-electron chi connectivity index (χ1n) is 10.8. The number of rotatable bonds is 5. The lowest BCUT2D eigenvalue weighted by molar-refractivity contribution is 0.0955. The van der Waals surface area contributed by atoms with Gasteiger partial charge in [-0.05, 0) is 35.6 Å². The number of nitrogens with one attached hydrogen (secondary N) is 1. The first-order chi connectivity index (χ1) is 15.7. The summed E-state index contributed by atoms with van der Waals surface area (Å²) in [5.74, 6) is 0.328. The molecule has 1 aliphatic heterocycles. The van der Waals surface area contributed by atoms with Crippen LogP contribution in [0.1, 0.15) is 54.2 Å². The molecule has 0 aliphatic carbocycles. The molecule has 33 heavy (non-hydrogen) atoms. The zero-order valence-corrected chi connectivity index (χ0v) is 19.1. The van der Waals surface area contributed by atoms with E-state index >= 15 is 0 Å². The van der Waals surface area contributed by atoms with Crippen molar-refractivity contribution in [2.24, 2.45) is 4.99 Å². The molecule has 0 atom stereocenters. The molecule has 3 aromatic rings. The zero-order chi connectivity index (χ0) is 23.8. The highest BCUT2D eigenvalue weighted by atomic mass is 16.5. The normalized spacial score (nSPS) is 13.4. The van der Waals surface area contributed by atoms with Gasteiger partial charge < -0.3 is 18.9 Å². The first-order valence-corrected chi connectivity index (χ1v) is 10.8. The molecule has 0 radical (unpaired) electrons. The maximum absolute atomic E-state index is 13.0. The van der Waals surface area contributed by atoms with Crippen LogP contribution in [-0.2, 0) is 11.8 Å². The van der Waals surface area contributed by atoms with Gasteiger partial charge in [0, 0.05) is 36.3 Å². The summed E-state index contributed by atoms with van der Waals surface area (Å²) >= 11 is 0. The molecule has 0 unspecified atom stereocenters. The van der Waals surface area contributed by atoms with E-state index in [1.54, 1.807) is 19.2 Å². The molecule has 8 nitrogen and oxygen atoms in total. The average molecular weight is 450 g/mol. The maximum Gasteiger partial charge on any atom is 0.423 e.